The van der Waals surface area contributed by atoms with Gasteiger partial charge in [-0.15, -0.1) is 0 Å². The molecule has 2 rings (SSSR count). The van der Waals surface area contributed by atoms with Crippen molar-refractivity contribution in [3.05, 3.63) is 35.4 Å². The van der Waals surface area contributed by atoms with Crippen molar-refractivity contribution in [2.75, 3.05) is 13.1 Å². The number of benzene rings is 1. The Kier molecular flexibility index (Phi) is 6.44. The summed E-state index contributed by atoms with van der Waals surface area (Å²) >= 11 is 0. The lowest BCUT2D eigenvalue weighted by Gasteiger charge is -2.35. The summed E-state index contributed by atoms with van der Waals surface area (Å²) in [4.78, 5) is 14.5. The number of hydrogen-bond donors (Lipinski definition) is 0. The standard InChI is InChI=1S/C19H29NO2/c1-4-5-6-7-8-17-9-11-18(12-10-17)19(21)20-13-15(2)22-16(3)14-20/h9-12,15-16H,4-8,13-14H2,1-3H3/t15-,16+. The summed E-state index contributed by atoms with van der Waals surface area (Å²) in [6, 6.07) is 8.16. The molecule has 1 aromatic carbocycles. The molecule has 3 nitrogen and oxygen atoms in total. The van der Waals surface area contributed by atoms with Crippen LogP contribution in [0.2, 0.25) is 0 Å². The summed E-state index contributed by atoms with van der Waals surface area (Å²) in [5, 5.41) is 0. The Morgan fingerprint density at radius 1 is 1.09 bits per heavy atom. The third kappa shape index (κ3) is 4.84. The quantitative estimate of drug-likeness (QED) is 0.742. The Balaban J connectivity index is 1.90. The molecule has 0 N–H and O–H groups in total. The first kappa shape index (κ1) is 17.0. The minimum atomic E-state index is 0.116. The van der Waals surface area contributed by atoms with Crippen LogP contribution in [-0.4, -0.2) is 36.1 Å². The predicted molar refractivity (Wildman–Crippen MR) is 90.2 cm³/mol. The zero-order chi connectivity index (χ0) is 15.9. The van der Waals surface area contributed by atoms with Gasteiger partial charge in [0, 0.05) is 18.7 Å². The predicted octanol–water partition coefficient (Wildman–Crippen LogP) is 4.06. The molecule has 0 radical (unpaired) electrons. The van der Waals surface area contributed by atoms with Gasteiger partial charge in [0.1, 0.15) is 0 Å². The maximum absolute atomic E-state index is 12.6. The van der Waals surface area contributed by atoms with E-state index >= 15 is 0 Å². The summed E-state index contributed by atoms with van der Waals surface area (Å²) in [7, 11) is 0. The molecule has 122 valence electrons. The number of hydrogen-bond acceptors (Lipinski definition) is 2. The number of unbranched alkanes of at least 4 members (excludes halogenated alkanes) is 3. The molecule has 1 saturated heterocycles. The van der Waals surface area contributed by atoms with E-state index in [1.54, 1.807) is 0 Å². The second-order valence-electron chi connectivity index (χ2n) is 6.48. The third-order valence-electron chi connectivity index (χ3n) is 4.23. The number of ether oxygens (including phenoxy) is 1. The molecule has 0 unspecified atom stereocenters. The largest absolute Gasteiger partial charge is 0.372 e. The van der Waals surface area contributed by atoms with Crippen LogP contribution in [0.3, 0.4) is 0 Å². The Morgan fingerprint density at radius 3 is 2.32 bits per heavy atom. The fourth-order valence-corrected chi connectivity index (χ4v) is 3.10. The van der Waals surface area contributed by atoms with Crippen molar-refractivity contribution in [2.45, 2.75) is 65.1 Å². The molecule has 1 aliphatic rings. The van der Waals surface area contributed by atoms with Crippen LogP contribution in [0, 0.1) is 0 Å². The van der Waals surface area contributed by atoms with Gasteiger partial charge in [-0.2, -0.15) is 0 Å². The first-order valence-electron chi connectivity index (χ1n) is 8.63. The lowest BCUT2D eigenvalue weighted by molar-refractivity contribution is -0.0586. The molecule has 2 atom stereocenters. The number of nitrogens with zero attached hydrogens (tertiary/aromatic N) is 1. The summed E-state index contributed by atoms with van der Waals surface area (Å²) in [5.74, 6) is 0.125. The first-order valence-corrected chi connectivity index (χ1v) is 8.63. The van der Waals surface area contributed by atoms with E-state index in [9.17, 15) is 4.79 Å². The number of aryl methyl sites for hydroxylation is 1. The van der Waals surface area contributed by atoms with E-state index in [1.807, 2.05) is 30.9 Å². The van der Waals surface area contributed by atoms with Gasteiger partial charge in [-0.3, -0.25) is 4.79 Å². The van der Waals surface area contributed by atoms with Crippen molar-refractivity contribution < 1.29 is 9.53 Å². The van der Waals surface area contributed by atoms with Gasteiger partial charge in [0.2, 0.25) is 0 Å². The van der Waals surface area contributed by atoms with E-state index in [2.05, 4.69) is 19.1 Å². The second-order valence-corrected chi connectivity index (χ2v) is 6.48. The van der Waals surface area contributed by atoms with E-state index in [-0.39, 0.29) is 18.1 Å². The van der Waals surface area contributed by atoms with Crippen LogP contribution in [0.1, 0.15) is 62.4 Å². The fourth-order valence-electron chi connectivity index (χ4n) is 3.10. The SMILES string of the molecule is CCCCCCc1ccc(C(=O)N2C[C@@H](C)O[C@@H](C)C2)cc1. The molecule has 0 saturated carbocycles. The first-order chi connectivity index (χ1) is 10.6. The van der Waals surface area contributed by atoms with Gasteiger partial charge in [-0.05, 0) is 44.4 Å². The van der Waals surface area contributed by atoms with E-state index in [0.29, 0.717) is 13.1 Å². The van der Waals surface area contributed by atoms with Crippen LogP contribution in [-0.2, 0) is 11.2 Å². The number of carbonyl (C=O) groups is 1. The molecule has 1 fully saturated rings. The highest BCUT2D eigenvalue weighted by Crippen LogP contribution is 2.16. The van der Waals surface area contributed by atoms with Crippen LogP contribution in [0.5, 0.6) is 0 Å². The van der Waals surface area contributed by atoms with E-state index in [0.717, 1.165) is 12.0 Å². The Labute approximate surface area is 134 Å². The Bertz CT molecular complexity index is 459. The zero-order valence-electron chi connectivity index (χ0n) is 14.2. The van der Waals surface area contributed by atoms with Gasteiger partial charge in [0.05, 0.1) is 12.2 Å². The lowest BCUT2D eigenvalue weighted by Crippen LogP contribution is -2.48. The average Bonchev–Trinajstić information content (AvgIpc) is 2.50. The van der Waals surface area contributed by atoms with Crippen LogP contribution in [0.4, 0.5) is 0 Å². The minimum absolute atomic E-state index is 0.116. The molecule has 1 heterocycles. The summed E-state index contributed by atoms with van der Waals surface area (Å²) in [5.41, 5.74) is 2.12. The molecule has 0 bridgehead atoms. The summed E-state index contributed by atoms with van der Waals surface area (Å²) in [6.07, 6.45) is 6.45. The van der Waals surface area contributed by atoms with Crippen LogP contribution >= 0.6 is 0 Å². The average molecular weight is 303 g/mol. The monoisotopic (exact) mass is 303 g/mol. The number of carbonyl (C=O) groups excluding carboxylic acids is 1. The molecule has 0 aromatic heterocycles. The van der Waals surface area contributed by atoms with Crippen molar-refractivity contribution in [1.29, 1.82) is 0 Å². The minimum Gasteiger partial charge on any atom is -0.372 e. The molecule has 1 aromatic rings. The summed E-state index contributed by atoms with van der Waals surface area (Å²) in [6.45, 7) is 7.64. The van der Waals surface area contributed by atoms with Crippen molar-refractivity contribution in [1.82, 2.24) is 4.90 Å². The van der Waals surface area contributed by atoms with Gasteiger partial charge >= 0.3 is 0 Å². The molecular formula is C19H29NO2. The number of amides is 1. The molecule has 22 heavy (non-hydrogen) atoms. The van der Waals surface area contributed by atoms with Gasteiger partial charge in [0.15, 0.2) is 0 Å². The topological polar surface area (TPSA) is 29.5 Å². The maximum Gasteiger partial charge on any atom is 0.254 e. The van der Waals surface area contributed by atoms with Gasteiger partial charge in [-0.25, -0.2) is 0 Å². The van der Waals surface area contributed by atoms with Crippen molar-refractivity contribution in [2.24, 2.45) is 0 Å². The van der Waals surface area contributed by atoms with Crippen LogP contribution in [0.25, 0.3) is 0 Å². The molecule has 3 heteroatoms. The lowest BCUT2D eigenvalue weighted by atomic mass is 10.0. The number of morpholine rings is 1. The van der Waals surface area contributed by atoms with Crippen molar-refractivity contribution in [3.8, 4) is 0 Å². The van der Waals surface area contributed by atoms with Gasteiger partial charge in [-0.1, -0.05) is 38.3 Å². The summed E-state index contributed by atoms with van der Waals surface area (Å²) < 4.78 is 5.69. The normalized spacial score (nSPS) is 21.9. The highest BCUT2D eigenvalue weighted by molar-refractivity contribution is 5.94. The van der Waals surface area contributed by atoms with Crippen molar-refractivity contribution in [3.63, 3.8) is 0 Å². The molecule has 1 aliphatic heterocycles. The van der Waals surface area contributed by atoms with E-state index in [1.165, 1.54) is 31.2 Å². The highest BCUT2D eigenvalue weighted by atomic mass is 16.5. The van der Waals surface area contributed by atoms with Crippen LogP contribution in [0.15, 0.2) is 24.3 Å². The second kappa shape index (κ2) is 8.33. The third-order valence-corrected chi connectivity index (χ3v) is 4.23. The van der Waals surface area contributed by atoms with Gasteiger partial charge in [0.25, 0.3) is 5.91 Å². The Hall–Kier alpha value is -1.35. The van der Waals surface area contributed by atoms with E-state index < -0.39 is 0 Å². The van der Waals surface area contributed by atoms with Crippen molar-refractivity contribution >= 4 is 5.91 Å². The molecule has 1 amide bonds. The molecule has 0 spiro atoms. The molecule has 0 aliphatic carbocycles. The maximum atomic E-state index is 12.6. The van der Waals surface area contributed by atoms with Crippen LogP contribution < -0.4 is 0 Å². The number of rotatable bonds is 6. The van der Waals surface area contributed by atoms with E-state index in [4.69, 9.17) is 4.74 Å². The zero-order valence-corrected chi connectivity index (χ0v) is 14.2. The fraction of sp³-hybridized carbons (Fsp3) is 0.632. The van der Waals surface area contributed by atoms with Gasteiger partial charge < -0.3 is 9.64 Å². The smallest absolute Gasteiger partial charge is 0.254 e. The highest BCUT2D eigenvalue weighted by Gasteiger charge is 2.26. The Morgan fingerprint density at radius 2 is 1.73 bits per heavy atom. The molecular weight excluding hydrogens is 274 g/mol.